The maximum Gasteiger partial charge on any atom is 0.262 e. The number of ether oxygens (including phenoxy) is 2. The molecule has 2 aromatic carbocycles. The molecule has 0 unspecified atom stereocenters. The van der Waals surface area contributed by atoms with Gasteiger partial charge in [-0.1, -0.05) is 6.07 Å². The Balaban J connectivity index is 1.92. The lowest BCUT2D eigenvalue weighted by Crippen LogP contribution is -2.23. The van der Waals surface area contributed by atoms with Crippen molar-refractivity contribution < 1.29 is 19.1 Å². The summed E-state index contributed by atoms with van der Waals surface area (Å²) in [6, 6.07) is 13.7. The maximum atomic E-state index is 12.0. The van der Waals surface area contributed by atoms with Gasteiger partial charge in [0.05, 0.1) is 7.11 Å². The molecule has 0 saturated heterocycles. The SMILES string of the molecule is COc1ccc(OCC(=O)Nc2cccc(C(=O)N(C)C)c2)cc1. The van der Waals surface area contributed by atoms with E-state index in [9.17, 15) is 9.59 Å². The summed E-state index contributed by atoms with van der Waals surface area (Å²) in [5, 5.41) is 2.71. The first kappa shape index (κ1) is 17.3. The van der Waals surface area contributed by atoms with Gasteiger partial charge in [0.15, 0.2) is 6.61 Å². The summed E-state index contributed by atoms with van der Waals surface area (Å²) in [6.45, 7) is -0.127. The number of methoxy groups -OCH3 is 1. The molecule has 0 heterocycles. The second kappa shape index (κ2) is 8.01. The Bertz CT molecular complexity index is 711. The summed E-state index contributed by atoms with van der Waals surface area (Å²) in [6.07, 6.45) is 0. The Labute approximate surface area is 141 Å². The van der Waals surface area contributed by atoms with E-state index in [1.165, 1.54) is 4.90 Å². The quantitative estimate of drug-likeness (QED) is 0.884. The Morgan fingerprint density at radius 3 is 2.33 bits per heavy atom. The number of hydrogen-bond acceptors (Lipinski definition) is 4. The van der Waals surface area contributed by atoms with Crippen LogP contribution in [0.3, 0.4) is 0 Å². The fraction of sp³-hybridized carbons (Fsp3) is 0.222. The average Bonchev–Trinajstić information content (AvgIpc) is 2.60. The fourth-order valence-electron chi connectivity index (χ4n) is 2.01. The van der Waals surface area contributed by atoms with E-state index in [1.54, 1.807) is 69.7 Å². The number of nitrogens with one attached hydrogen (secondary N) is 1. The summed E-state index contributed by atoms with van der Waals surface area (Å²) in [4.78, 5) is 25.4. The Morgan fingerprint density at radius 1 is 1.04 bits per heavy atom. The zero-order valence-corrected chi connectivity index (χ0v) is 13.9. The van der Waals surface area contributed by atoms with Crippen molar-refractivity contribution >= 4 is 17.5 Å². The van der Waals surface area contributed by atoms with Crippen molar-refractivity contribution in [2.45, 2.75) is 0 Å². The smallest absolute Gasteiger partial charge is 0.262 e. The molecule has 2 rings (SSSR count). The third-order valence-corrected chi connectivity index (χ3v) is 3.23. The van der Waals surface area contributed by atoms with Crippen LogP contribution in [-0.4, -0.2) is 44.5 Å². The van der Waals surface area contributed by atoms with Crippen LogP contribution in [0.2, 0.25) is 0 Å². The second-order valence-corrected chi connectivity index (χ2v) is 5.29. The second-order valence-electron chi connectivity index (χ2n) is 5.29. The molecular weight excluding hydrogens is 308 g/mol. The Hall–Kier alpha value is -3.02. The van der Waals surface area contributed by atoms with Crippen LogP contribution in [0, 0.1) is 0 Å². The van der Waals surface area contributed by atoms with Gasteiger partial charge in [-0.15, -0.1) is 0 Å². The number of nitrogens with zero attached hydrogens (tertiary/aromatic N) is 1. The van der Waals surface area contributed by atoms with E-state index < -0.39 is 0 Å². The fourth-order valence-corrected chi connectivity index (χ4v) is 2.01. The van der Waals surface area contributed by atoms with Gasteiger partial charge in [0.1, 0.15) is 11.5 Å². The van der Waals surface area contributed by atoms with Crippen LogP contribution in [0.25, 0.3) is 0 Å². The molecular formula is C18H20N2O4. The maximum absolute atomic E-state index is 12.0. The summed E-state index contributed by atoms with van der Waals surface area (Å²) in [7, 11) is 4.94. The summed E-state index contributed by atoms with van der Waals surface area (Å²) >= 11 is 0. The summed E-state index contributed by atoms with van der Waals surface area (Å²) in [5.74, 6) is 0.859. The van der Waals surface area contributed by atoms with Crippen molar-refractivity contribution in [2.75, 3.05) is 33.1 Å². The molecule has 0 aliphatic heterocycles. The van der Waals surface area contributed by atoms with Crippen molar-refractivity contribution in [2.24, 2.45) is 0 Å². The van der Waals surface area contributed by atoms with Gasteiger partial charge in [-0.2, -0.15) is 0 Å². The molecule has 0 spiro atoms. The largest absolute Gasteiger partial charge is 0.497 e. The first-order chi connectivity index (χ1) is 11.5. The zero-order valence-electron chi connectivity index (χ0n) is 13.9. The highest BCUT2D eigenvalue weighted by Gasteiger charge is 2.10. The molecule has 2 amide bonds. The minimum absolute atomic E-state index is 0.124. The topological polar surface area (TPSA) is 67.9 Å². The Kier molecular flexibility index (Phi) is 5.78. The van der Waals surface area contributed by atoms with Crippen LogP contribution in [0.5, 0.6) is 11.5 Å². The van der Waals surface area contributed by atoms with E-state index >= 15 is 0 Å². The molecule has 6 heteroatoms. The molecule has 126 valence electrons. The highest BCUT2D eigenvalue weighted by molar-refractivity contribution is 5.97. The summed E-state index contributed by atoms with van der Waals surface area (Å²) in [5.41, 5.74) is 1.06. The highest BCUT2D eigenvalue weighted by atomic mass is 16.5. The van der Waals surface area contributed by atoms with Gasteiger partial charge in [-0.05, 0) is 42.5 Å². The van der Waals surface area contributed by atoms with Crippen LogP contribution < -0.4 is 14.8 Å². The van der Waals surface area contributed by atoms with Crippen LogP contribution in [-0.2, 0) is 4.79 Å². The van der Waals surface area contributed by atoms with Gasteiger partial charge in [0, 0.05) is 25.3 Å². The lowest BCUT2D eigenvalue weighted by atomic mass is 10.2. The predicted octanol–water partition coefficient (Wildman–Crippen LogP) is 2.41. The number of anilines is 1. The van der Waals surface area contributed by atoms with Crippen LogP contribution in [0.1, 0.15) is 10.4 Å². The van der Waals surface area contributed by atoms with Gasteiger partial charge < -0.3 is 19.7 Å². The molecule has 0 fully saturated rings. The van der Waals surface area contributed by atoms with E-state index in [-0.39, 0.29) is 18.4 Å². The molecule has 2 aromatic rings. The highest BCUT2D eigenvalue weighted by Crippen LogP contribution is 2.17. The van der Waals surface area contributed by atoms with E-state index in [1.807, 2.05) is 0 Å². The van der Waals surface area contributed by atoms with Crippen molar-refractivity contribution in [3.05, 3.63) is 54.1 Å². The molecule has 0 aromatic heterocycles. The molecule has 1 N–H and O–H groups in total. The van der Waals surface area contributed by atoms with E-state index in [2.05, 4.69) is 5.32 Å². The standard InChI is InChI=1S/C18H20N2O4/c1-20(2)18(22)13-5-4-6-14(11-13)19-17(21)12-24-16-9-7-15(23-3)8-10-16/h4-11H,12H2,1-3H3,(H,19,21). The lowest BCUT2D eigenvalue weighted by molar-refractivity contribution is -0.118. The van der Waals surface area contributed by atoms with Crippen molar-refractivity contribution in [3.8, 4) is 11.5 Å². The summed E-state index contributed by atoms with van der Waals surface area (Å²) < 4.78 is 10.5. The van der Waals surface area contributed by atoms with Gasteiger partial charge in [0.2, 0.25) is 0 Å². The van der Waals surface area contributed by atoms with Crippen molar-refractivity contribution in [1.82, 2.24) is 4.90 Å². The third kappa shape index (κ3) is 4.74. The minimum Gasteiger partial charge on any atom is -0.497 e. The first-order valence-corrected chi connectivity index (χ1v) is 7.38. The third-order valence-electron chi connectivity index (χ3n) is 3.23. The van der Waals surface area contributed by atoms with Crippen LogP contribution >= 0.6 is 0 Å². The predicted molar refractivity (Wildman–Crippen MR) is 91.6 cm³/mol. The monoisotopic (exact) mass is 328 g/mol. The number of benzene rings is 2. The number of carbonyl (C=O) groups is 2. The number of carbonyl (C=O) groups excluding carboxylic acids is 2. The van der Waals surface area contributed by atoms with E-state index in [0.717, 1.165) is 0 Å². The number of rotatable bonds is 6. The number of hydrogen-bond donors (Lipinski definition) is 1. The molecule has 0 bridgehead atoms. The van der Waals surface area contributed by atoms with Gasteiger partial charge in [-0.25, -0.2) is 0 Å². The van der Waals surface area contributed by atoms with Crippen LogP contribution in [0.15, 0.2) is 48.5 Å². The van der Waals surface area contributed by atoms with Gasteiger partial charge in [-0.3, -0.25) is 9.59 Å². The van der Waals surface area contributed by atoms with E-state index in [0.29, 0.717) is 22.7 Å². The Morgan fingerprint density at radius 2 is 1.71 bits per heavy atom. The molecule has 0 saturated carbocycles. The van der Waals surface area contributed by atoms with E-state index in [4.69, 9.17) is 9.47 Å². The first-order valence-electron chi connectivity index (χ1n) is 7.38. The van der Waals surface area contributed by atoms with Gasteiger partial charge >= 0.3 is 0 Å². The normalized spacial score (nSPS) is 9.96. The zero-order chi connectivity index (χ0) is 17.5. The van der Waals surface area contributed by atoms with Crippen LogP contribution in [0.4, 0.5) is 5.69 Å². The molecule has 0 atom stereocenters. The molecule has 6 nitrogen and oxygen atoms in total. The average molecular weight is 328 g/mol. The lowest BCUT2D eigenvalue weighted by Gasteiger charge is -2.12. The minimum atomic E-state index is -0.305. The molecule has 24 heavy (non-hydrogen) atoms. The van der Waals surface area contributed by atoms with Crippen molar-refractivity contribution in [1.29, 1.82) is 0 Å². The van der Waals surface area contributed by atoms with Gasteiger partial charge in [0.25, 0.3) is 11.8 Å². The molecule has 0 aliphatic carbocycles. The number of amides is 2. The van der Waals surface area contributed by atoms with Crippen molar-refractivity contribution in [3.63, 3.8) is 0 Å². The molecule has 0 aliphatic rings. The molecule has 0 radical (unpaired) electrons.